The van der Waals surface area contributed by atoms with Gasteiger partial charge in [0.2, 0.25) is 0 Å². The highest BCUT2D eigenvalue weighted by Crippen LogP contribution is 2.32. The van der Waals surface area contributed by atoms with Gasteiger partial charge in [0.15, 0.2) is 0 Å². The van der Waals surface area contributed by atoms with E-state index >= 15 is 0 Å². The molecule has 1 atom stereocenters. The van der Waals surface area contributed by atoms with Crippen LogP contribution in [0.5, 0.6) is 5.75 Å². The predicted octanol–water partition coefficient (Wildman–Crippen LogP) is 2.44. The molecule has 0 amide bonds. The van der Waals surface area contributed by atoms with Crippen LogP contribution in [0.25, 0.3) is 0 Å². The molecule has 0 bridgehead atoms. The van der Waals surface area contributed by atoms with Crippen molar-refractivity contribution >= 4 is 17.3 Å². The Hall–Kier alpha value is -0.930. The minimum absolute atomic E-state index is 0.281. The lowest BCUT2D eigenvalue weighted by Crippen LogP contribution is -2.35. The summed E-state index contributed by atoms with van der Waals surface area (Å²) in [6.07, 6.45) is 0. The van der Waals surface area contributed by atoms with Gasteiger partial charge < -0.3 is 15.4 Å². The SMILES string of the molecule is COc1cc(C)c(N(C)C(C)CN)cc1Cl. The van der Waals surface area contributed by atoms with Crippen LogP contribution >= 0.6 is 11.6 Å². The second kappa shape index (κ2) is 5.41. The molecule has 0 aliphatic heterocycles. The first-order chi connectivity index (χ1) is 7.51. The summed E-state index contributed by atoms with van der Waals surface area (Å²) in [5.41, 5.74) is 7.87. The van der Waals surface area contributed by atoms with E-state index in [1.165, 1.54) is 0 Å². The number of ether oxygens (including phenoxy) is 1. The molecule has 1 aromatic rings. The second-order valence-corrected chi connectivity index (χ2v) is 4.38. The Morgan fingerprint density at radius 2 is 2.12 bits per heavy atom. The maximum absolute atomic E-state index is 6.11. The predicted molar refractivity (Wildman–Crippen MR) is 69.7 cm³/mol. The van der Waals surface area contributed by atoms with Gasteiger partial charge in [-0.2, -0.15) is 0 Å². The molecule has 90 valence electrons. The van der Waals surface area contributed by atoms with E-state index in [-0.39, 0.29) is 6.04 Å². The van der Waals surface area contributed by atoms with Crippen LogP contribution in [0.2, 0.25) is 5.02 Å². The Labute approximate surface area is 102 Å². The third-order valence-corrected chi connectivity index (χ3v) is 3.15. The minimum atomic E-state index is 0.281. The fourth-order valence-corrected chi connectivity index (χ4v) is 1.81. The van der Waals surface area contributed by atoms with E-state index in [4.69, 9.17) is 22.1 Å². The average molecular weight is 243 g/mol. The molecule has 0 saturated carbocycles. The molecule has 0 aliphatic carbocycles. The lowest BCUT2D eigenvalue weighted by atomic mass is 10.1. The lowest BCUT2D eigenvalue weighted by Gasteiger charge is -2.28. The molecule has 1 rings (SSSR count). The van der Waals surface area contributed by atoms with Gasteiger partial charge in [-0.05, 0) is 31.5 Å². The number of rotatable bonds is 4. The smallest absolute Gasteiger partial charge is 0.137 e. The third kappa shape index (κ3) is 2.60. The van der Waals surface area contributed by atoms with E-state index in [0.29, 0.717) is 17.3 Å². The van der Waals surface area contributed by atoms with Gasteiger partial charge >= 0.3 is 0 Å². The summed E-state index contributed by atoms with van der Waals surface area (Å²) in [6, 6.07) is 4.14. The maximum Gasteiger partial charge on any atom is 0.137 e. The first-order valence-corrected chi connectivity index (χ1v) is 5.66. The van der Waals surface area contributed by atoms with E-state index in [1.54, 1.807) is 7.11 Å². The molecule has 0 aromatic heterocycles. The van der Waals surface area contributed by atoms with Crippen molar-refractivity contribution < 1.29 is 4.74 Å². The van der Waals surface area contributed by atoms with Crippen molar-refractivity contribution in [3.05, 3.63) is 22.7 Å². The molecule has 4 heteroatoms. The van der Waals surface area contributed by atoms with Crippen LogP contribution in [-0.4, -0.2) is 26.7 Å². The molecule has 1 aromatic carbocycles. The highest BCUT2D eigenvalue weighted by Gasteiger charge is 2.13. The minimum Gasteiger partial charge on any atom is -0.495 e. The van der Waals surface area contributed by atoms with E-state index in [9.17, 15) is 0 Å². The number of nitrogens with two attached hydrogens (primary N) is 1. The quantitative estimate of drug-likeness (QED) is 0.882. The Bertz CT molecular complexity index is 368. The number of hydrogen-bond acceptors (Lipinski definition) is 3. The van der Waals surface area contributed by atoms with Gasteiger partial charge in [0.1, 0.15) is 5.75 Å². The number of aryl methyl sites for hydroxylation is 1. The van der Waals surface area contributed by atoms with Gasteiger partial charge in [-0.15, -0.1) is 0 Å². The molecule has 16 heavy (non-hydrogen) atoms. The monoisotopic (exact) mass is 242 g/mol. The maximum atomic E-state index is 6.11. The zero-order valence-electron chi connectivity index (χ0n) is 10.2. The van der Waals surface area contributed by atoms with Gasteiger partial charge in [0, 0.05) is 25.3 Å². The van der Waals surface area contributed by atoms with Crippen LogP contribution in [0, 0.1) is 6.92 Å². The van der Waals surface area contributed by atoms with Crippen LogP contribution in [0.15, 0.2) is 12.1 Å². The summed E-state index contributed by atoms with van der Waals surface area (Å²) in [5, 5.41) is 0.624. The number of likely N-dealkylation sites (N-methyl/N-ethyl adjacent to an activating group) is 1. The van der Waals surface area contributed by atoms with E-state index in [2.05, 4.69) is 11.8 Å². The summed E-state index contributed by atoms with van der Waals surface area (Å²) in [4.78, 5) is 2.13. The summed E-state index contributed by atoms with van der Waals surface area (Å²) < 4.78 is 5.17. The zero-order chi connectivity index (χ0) is 12.3. The lowest BCUT2D eigenvalue weighted by molar-refractivity contribution is 0.414. The molecule has 2 N–H and O–H groups in total. The Kier molecular flexibility index (Phi) is 4.44. The number of anilines is 1. The zero-order valence-corrected chi connectivity index (χ0v) is 11.0. The van der Waals surface area contributed by atoms with Gasteiger partial charge in [-0.3, -0.25) is 0 Å². The average Bonchev–Trinajstić information content (AvgIpc) is 2.29. The highest BCUT2D eigenvalue weighted by atomic mass is 35.5. The summed E-state index contributed by atoms with van der Waals surface area (Å²) in [7, 11) is 3.63. The number of benzene rings is 1. The summed E-state index contributed by atoms with van der Waals surface area (Å²) >= 11 is 6.11. The van der Waals surface area contributed by atoms with E-state index in [1.807, 2.05) is 26.1 Å². The topological polar surface area (TPSA) is 38.5 Å². The van der Waals surface area contributed by atoms with Crippen molar-refractivity contribution in [2.45, 2.75) is 19.9 Å². The first kappa shape index (κ1) is 13.1. The van der Waals surface area contributed by atoms with Gasteiger partial charge in [0.05, 0.1) is 12.1 Å². The molecule has 0 saturated heterocycles. The standard InChI is InChI=1S/C12H19ClN2O/c1-8-5-12(16-4)10(13)6-11(8)15(3)9(2)7-14/h5-6,9H,7,14H2,1-4H3. The van der Waals surface area contributed by atoms with Crippen LogP contribution in [0.1, 0.15) is 12.5 Å². The second-order valence-electron chi connectivity index (χ2n) is 3.97. The molecule has 3 nitrogen and oxygen atoms in total. The van der Waals surface area contributed by atoms with Crippen molar-refractivity contribution in [1.82, 2.24) is 0 Å². The van der Waals surface area contributed by atoms with Gasteiger partial charge in [0.25, 0.3) is 0 Å². The Morgan fingerprint density at radius 3 is 2.62 bits per heavy atom. The fraction of sp³-hybridized carbons (Fsp3) is 0.500. The van der Waals surface area contributed by atoms with Crippen molar-refractivity contribution in [3.63, 3.8) is 0 Å². The van der Waals surface area contributed by atoms with Crippen molar-refractivity contribution in [3.8, 4) is 5.75 Å². The van der Waals surface area contributed by atoms with Crippen molar-refractivity contribution in [2.75, 3.05) is 25.6 Å². The molecule has 0 heterocycles. The van der Waals surface area contributed by atoms with Crippen LogP contribution < -0.4 is 15.4 Å². The normalized spacial score (nSPS) is 12.4. The molecule has 0 fully saturated rings. The van der Waals surface area contributed by atoms with E-state index in [0.717, 1.165) is 11.3 Å². The van der Waals surface area contributed by atoms with Crippen molar-refractivity contribution in [2.24, 2.45) is 5.73 Å². The number of hydrogen-bond donors (Lipinski definition) is 1. The number of methoxy groups -OCH3 is 1. The van der Waals surface area contributed by atoms with Gasteiger partial charge in [-0.1, -0.05) is 11.6 Å². The third-order valence-electron chi connectivity index (χ3n) is 2.85. The molecule has 1 unspecified atom stereocenters. The van der Waals surface area contributed by atoms with Gasteiger partial charge in [-0.25, -0.2) is 0 Å². The summed E-state index contributed by atoms with van der Waals surface area (Å²) in [6.45, 7) is 4.73. The Morgan fingerprint density at radius 1 is 1.50 bits per heavy atom. The summed E-state index contributed by atoms with van der Waals surface area (Å²) in [5.74, 6) is 0.705. The van der Waals surface area contributed by atoms with E-state index < -0.39 is 0 Å². The highest BCUT2D eigenvalue weighted by molar-refractivity contribution is 6.32. The first-order valence-electron chi connectivity index (χ1n) is 5.28. The molecule has 0 spiro atoms. The van der Waals surface area contributed by atoms with Crippen LogP contribution in [-0.2, 0) is 0 Å². The largest absolute Gasteiger partial charge is 0.495 e. The Balaban J connectivity index is 3.10. The fourth-order valence-electron chi connectivity index (χ4n) is 1.58. The molecular weight excluding hydrogens is 224 g/mol. The molecule has 0 radical (unpaired) electrons. The van der Waals surface area contributed by atoms with Crippen LogP contribution in [0.3, 0.4) is 0 Å². The van der Waals surface area contributed by atoms with Crippen LogP contribution in [0.4, 0.5) is 5.69 Å². The number of nitrogens with zero attached hydrogens (tertiary/aromatic N) is 1. The number of halogens is 1. The molecular formula is C12H19ClN2O. The molecule has 0 aliphatic rings. The van der Waals surface area contributed by atoms with Crippen molar-refractivity contribution in [1.29, 1.82) is 0 Å².